The van der Waals surface area contributed by atoms with Gasteiger partial charge in [-0.05, 0) is 12.8 Å². The monoisotopic (exact) mass is 2310 g/mol. The molecule has 0 aromatic heterocycles. The molecule has 62 nitrogen and oxygen atoms in total. The second-order valence-corrected chi connectivity index (χ2v) is 38.0. The van der Waals surface area contributed by atoms with Gasteiger partial charge in [0, 0.05) is 13.0 Å². The Hall–Kier alpha value is 10.5. The predicted octanol–water partition coefficient (Wildman–Crippen LogP) is -48.6. The quantitative estimate of drug-likeness (QED) is 0.0256. The maximum absolute atomic E-state index is 12.8. The smallest absolute Gasteiger partial charge is 0.726 e. The molecule has 4 rings (SSSR count). The number of nitrogens with one attached hydrogen (secondary N) is 1. The second-order valence-electron chi connectivity index (χ2n) is 24.7. The molecule has 0 aliphatic carbocycles. The van der Waals surface area contributed by atoms with Crippen molar-refractivity contribution in [3.63, 3.8) is 0 Å². The molecule has 4 fully saturated rings. The molecule has 0 aromatic carbocycles. The third-order valence-corrected chi connectivity index (χ3v) is 21.6. The fourth-order valence-corrected chi connectivity index (χ4v) is 17.1. The Morgan fingerprint density at radius 3 is 0.654 bits per heavy atom. The summed E-state index contributed by atoms with van der Waals surface area (Å²) < 4.78 is 576. The van der Waals surface area contributed by atoms with E-state index in [0.717, 1.165) is 57.8 Å². The van der Waals surface area contributed by atoms with Crippen molar-refractivity contribution < 1.29 is 650 Å². The van der Waals surface area contributed by atoms with Crippen molar-refractivity contribution in [1.82, 2.24) is 5.32 Å². The number of unbranched alkanes of at least 4 members (excludes halogenated alkanes) is 14. The largest absolute Gasteiger partial charge is 1.00 e. The van der Waals surface area contributed by atoms with Crippen molar-refractivity contribution in [2.75, 3.05) is 39.6 Å². The van der Waals surface area contributed by atoms with Crippen molar-refractivity contribution in [3.8, 4) is 0 Å². The third kappa shape index (κ3) is 72.8. The van der Waals surface area contributed by atoms with E-state index in [1.807, 2.05) is 0 Å². The van der Waals surface area contributed by atoms with Crippen molar-refractivity contribution >= 4 is 141 Å². The first-order valence-corrected chi connectivity index (χ1v) is 50.4. The van der Waals surface area contributed by atoms with E-state index < -0.39 is 310 Å². The zero-order chi connectivity index (χ0) is 91.4. The molecule has 4 heterocycles. The van der Waals surface area contributed by atoms with Crippen LogP contribution < -0.4 is 390 Å². The molecule has 4 saturated heterocycles. The molecule has 1 N–H and O–H groups in total. The van der Waals surface area contributed by atoms with Crippen molar-refractivity contribution in [3.05, 3.63) is 0 Å². The van der Waals surface area contributed by atoms with E-state index in [-0.39, 0.29) is 391 Å². The van der Waals surface area contributed by atoms with Crippen LogP contribution in [0.4, 0.5) is 0 Å². The number of hydrogen-bond acceptors (Lipinski definition) is 61. The first kappa shape index (κ1) is 163. The van der Waals surface area contributed by atoms with E-state index in [2.05, 4.69) is 66.6 Å². The number of rotatable bonds is 57. The molecule has 88 heteroatoms. The average Bonchev–Trinajstić information content (AvgIpc) is 0.746. The number of ether oxygens (including phenoxy) is 8. The molecule has 20 atom stereocenters. The van der Waals surface area contributed by atoms with E-state index >= 15 is 0 Å². The maximum atomic E-state index is 12.8. The number of amides is 1. The Morgan fingerprint density at radius 2 is 0.429 bits per heavy atom. The number of carbonyl (C=O) groups is 1. The standard InChI is InChI=1S/C45H83NO61S13.13Na/c1-2-3-4-5-6-7-8-9-10-11-12-13-14-15-16-18-29(47)46-19-17-20-87-42-38(104-117(75,76)77)34(100-113(63,64)65)30(25(92-42)21-88-108(48,49)50)96-43-39(105-118(78,79)80)35(101-114(66,67)68)31(26(93-43)22-89-109(51,52)53)97-44-40(106-119(81,82)83)36(102-115(69,70)71)32(27(94-44)23-90-110(54,55)56)98-45-41(107-120(84,85)86)37(103-116(72,73)74)33(99-112(60,61)62)28(95-45)24-91-111(57,58)59;;;;;;;;;;;;;/h25-28,30-45H,2-24H2,1H3,(H,46,47)(H,48,49,50)(H,51,52,53)(H,54,55,56)(H,57,58,59)(H,60,61,62)(H,63,64,65)(H,66,67,68)(H,69,70,71)(H,72,73,74)(H,75,76,77)(H,78,79,80)(H,81,82,83)(H,84,85,86);;;;;;;;;;;;;/q;13*+1/p-13/t25-,26-,27-,28-,30?,31?,32?,33-,34+,35+,36+,37+,38-,39-,40-,41-,42?,43?,44?,45?;;;;;;;;;;;;;/m1............./s1. The zero-order valence-electron chi connectivity index (χ0n) is 73.0. The van der Waals surface area contributed by atoms with Gasteiger partial charge in [0.2, 0.25) is 141 Å². The van der Waals surface area contributed by atoms with Crippen molar-refractivity contribution in [1.29, 1.82) is 0 Å². The molecule has 0 bridgehead atoms. The number of hydrogen-bond donors (Lipinski definition) is 1. The summed E-state index contributed by atoms with van der Waals surface area (Å²) in [7, 11) is -88.0. The van der Waals surface area contributed by atoms with Crippen LogP contribution in [-0.2, 0) is 232 Å². The van der Waals surface area contributed by atoms with Crippen LogP contribution in [0.1, 0.15) is 116 Å². The molecule has 4 aliphatic rings. The Morgan fingerprint density at radius 1 is 0.241 bits per heavy atom. The Kier molecular flexibility index (Phi) is 90.8. The first-order chi connectivity index (χ1) is 54.5. The van der Waals surface area contributed by atoms with Gasteiger partial charge in [-0.1, -0.05) is 96.8 Å². The van der Waals surface area contributed by atoms with Crippen LogP contribution in [0.25, 0.3) is 0 Å². The summed E-state index contributed by atoms with van der Waals surface area (Å²) in [4.78, 5) is 12.7. The molecule has 0 aromatic rings. The van der Waals surface area contributed by atoms with Crippen LogP contribution in [0.3, 0.4) is 0 Å². The van der Waals surface area contributed by atoms with E-state index in [0.29, 0.717) is 12.8 Å². The van der Waals surface area contributed by atoms with Gasteiger partial charge in [0.15, 0.2) is 49.6 Å². The number of carbonyl (C=O) groups excluding carboxylic acids is 1. The second kappa shape index (κ2) is 73.9. The van der Waals surface area contributed by atoms with E-state index in [1.165, 1.54) is 25.7 Å². The normalized spacial score (nSPS) is 26.2. The molecular weight excluding hydrogens is 2250 g/mol. The molecular formula is C45H70NNa13O61S13. The maximum Gasteiger partial charge on any atom is 1.00 e. The fraction of sp³-hybridized carbons (Fsp3) is 0.978. The van der Waals surface area contributed by atoms with Crippen molar-refractivity contribution in [2.45, 2.75) is 239 Å². The minimum Gasteiger partial charge on any atom is -0.726 e. The molecule has 0 spiro atoms. The molecule has 712 valence electrons. The van der Waals surface area contributed by atoms with Gasteiger partial charge in [0.05, 0.1) is 33.0 Å². The zero-order valence-corrected chi connectivity index (χ0v) is 110. The average molecular weight is 2320 g/mol. The minimum absolute atomic E-state index is 0. The fourth-order valence-electron chi connectivity index (χ4n) is 11.5. The van der Waals surface area contributed by atoms with Crippen LogP contribution in [0.5, 0.6) is 0 Å². The van der Waals surface area contributed by atoms with Crippen LogP contribution in [0.2, 0.25) is 0 Å². The van der Waals surface area contributed by atoms with Gasteiger partial charge in [-0.15, -0.1) is 0 Å². The van der Waals surface area contributed by atoms with Gasteiger partial charge in [-0.3, -0.25) is 59.2 Å². The van der Waals surface area contributed by atoms with E-state index in [4.69, 9.17) is 37.9 Å². The molecule has 1 amide bonds. The van der Waals surface area contributed by atoms with Crippen LogP contribution in [0.15, 0.2) is 0 Å². The van der Waals surface area contributed by atoms with Gasteiger partial charge in [0.1, 0.15) is 73.2 Å². The summed E-state index contributed by atoms with van der Waals surface area (Å²) in [5.74, 6) is -0.585. The molecule has 133 heavy (non-hydrogen) atoms. The first-order valence-electron chi connectivity index (χ1n) is 33.1. The predicted molar refractivity (Wildman–Crippen MR) is 346 cm³/mol. The third-order valence-electron chi connectivity index (χ3n) is 15.7. The van der Waals surface area contributed by atoms with Crippen LogP contribution >= 0.6 is 0 Å². The Balaban J connectivity index is -0.00000145. The summed E-state index contributed by atoms with van der Waals surface area (Å²) >= 11 is 0. The van der Waals surface area contributed by atoms with Crippen LogP contribution in [-0.4, -0.2) is 337 Å². The van der Waals surface area contributed by atoms with Crippen LogP contribution in [0, 0.1) is 0 Å². The minimum atomic E-state index is -7.14. The summed E-state index contributed by atoms with van der Waals surface area (Å²) in [6.45, 7) is -8.89. The van der Waals surface area contributed by atoms with Gasteiger partial charge < -0.3 is 102 Å². The van der Waals surface area contributed by atoms with E-state index in [1.54, 1.807) is 0 Å². The van der Waals surface area contributed by atoms with Gasteiger partial charge >= 0.3 is 384 Å². The van der Waals surface area contributed by atoms with Gasteiger partial charge in [-0.2, -0.15) is 0 Å². The van der Waals surface area contributed by atoms with Gasteiger partial charge in [-0.25, -0.2) is 109 Å². The summed E-state index contributed by atoms with van der Waals surface area (Å²) in [5, 5.41) is 2.43. The van der Waals surface area contributed by atoms with Crippen molar-refractivity contribution in [2.24, 2.45) is 0 Å². The molecule has 0 radical (unpaired) electrons. The topological polar surface area (TPSA) is 967 Å². The summed E-state index contributed by atoms with van der Waals surface area (Å²) in [6.07, 6.45) is -60.5. The molecule has 4 aliphatic heterocycles. The SMILES string of the molecule is CCCCCCCCCCCCCCCCCC(=O)NCCCOC1O[C@H](COS(=O)(=O)[O-])C(OC2O[C@H](COS(=O)(=O)[O-])C(OC3O[C@H](COS(=O)(=O)[O-])C(OC4O[C@H](COS(=O)(=O)[O-])[C@@H](OS(=O)(=O)[O-])[C@H](OS(=O)(=O)[O-])[C@H]4OS(=O)(=O)[O-])[C@H](OS(=O)(=O)[O-])[C@H]3OS(=O)(=O)[O-])[C@H](OS(=O)(=O)[O-])[C@H]2OS(=O)(=O)[O-])[C@H](OS(=O)(=O)[O-])[C@H]1OS(=O)(=O)[O-].[Na+].[Na+].[Na+].[Na+].[Na+].[Na+].[Na+].[Na+].[Na+].[Na+].[Na+].[Na+].[Na+]. The van der Waals surface area contributed by atoms with Gasteiger partial charge in [0.25, 0.3) is 0 Å². The summed E-state index contributed by atoms with van der Waals surface area (Å²) in [6, 6.07) is 0. The van der Waals surface area contributed by atoms with E-state index in [9.17, 15) is 173 Å². The summed E-state index contributed by atoms with van der Waals surface area (Å²) in [5.41, 5.74) is 0. The Labute approximate surface area is 1060 Å². The Bertz CT molecular complexity index is 4940. The molecule has 0 saturated carbocycles. The molecule has 7 unspecified atom stereocenters.